The standard InChI is InChI=1S/C29H38N6O3/c1-34(2)12-11-26(36)20-6-10-27(32-17-20)35-22-7-8-23(35)15-21(14-22)33-29(38)19-5-9-24(28(30)37)25(13-19)31-16-18-3-4-18/h5-6,9-10,13,17-18,21-23,31H,3-4,7-8,11-12,14-16H2,1-2H3,(H2,30,37)(H,33,38)/t21-,22+,23-. The summed E-state index contributed by atoms with van der Waals surface area (Å²) in [5.74, 6) is 1.01. The average Bonchev–Trinajstić information content (AvgIpc) is 3.69. The number of nitrogens with two attached hydrogens (primary N) is 1. The number of aromatic nitrogens is 1. The number of Topliss-reactive ketones (excluding diaryl/α,β-unsaturated/α-hetero) is 1. The molecule has 3 atom stereocenters. The number of fused-ring (bicyclic) bond motifs is 2. The molecule has 202 valence electrons. The second kappa shape index (κ2) is 11.1. The molecule has 4 N–H and O–H groups in total. The summed E-state index contributed by atoms with van der Waals surface area (Å²) in [4.78, 5) is 46.5. The highest BCUT2D eigenvalue weighted by Crippen LogP contribution is 2.38. The smallest absolute Gasteiger partial charge is 0.251 e. The number of carbonyl (C=O) groups is 3. The number of pyridine rings is 1. The lowest BCUT2D eigenvalue weighted by Crippen LogP contribution is -2.50. The fourth-order valence-electron chi connectivity index (χ4n) is 5.73. The number of hydrogen-bond donors (Lipinski definition) is 3. The van der Waals surface area contributed by atoms with Crippen LogP contribution in [0.4, 0.5) is 11.5 Å². The van der Waals surface area contributed by atoms with E-state index in [2.05, 4.69) is 20.5 Å². The Morgan fingerprint density at radius 3 is 2.34 bits per heavy atom. The van der Waals surface area contributed by atoms with Crippen molar-refractivity contribution in [2.75, 3.05) is 37.4 Å². The van der Waals surface area contributed by atoms with Gasteiger partial charge >= 0.3 is 0 Å². The maximum absolute atomic E-state index is 13.2. The molecule has 1 aromatic heterocycles. The largest absolute Gasteiger partial charge is 0.384 e. The molecule has 38 heavy (non-hydrogen) atoms. The van der Waals surface area contributed by atoms with Gasteiger partial charge in [-0.1, -0.05) is 0 Å². The SMILES string of the molecule is CN(C)CCC(=O)c1ccc(N2[C@@H]3CC[C@H]2C[C@@H](NC(=O)c2ccc(C(N)=O)c(NCC4CC4)c2)C3)nc1. The van der Waals surface area contributed by atoms with Crippen LogP contribution in [0.3, 0.4) is 0 Å². The van der Waals surface area contributed by atoms with Gasteiger partial charge in [0.15, 0.2) is 5.78 Å². The lowest BCUT2D eigenvalue weighted by molar-refractivity contribution is 0.0924. The van der Waals surface area contributed by atoms with E-state index < -0.39 is 5.91 Å². The maximum Gasteiger partial charge on any atom is 0.251 e. The van der Waals surface area contributed by atoms with Gasteiger partial charge < -0.3 is 26.2 Å². The molecule has 1 aromatic carbocycles. The summed E-state index contributed by atoms with van der Waals surface area (Å²) >= 11 is 0. The average molecular weight is 519 g/mol. The number of piperidine rings is 1. The number of nitrogens with one attached hydrogen (secondary N) is 2. The monoisotopic (exact) mass is 518 g/mol. The van der Waals surface area contributed by atoms with Gasteiger partial charge in [0.05, 0.1) is 5.56 Å². The molecule has 3 fully saturated rings. The Hall–Kier alpha value is -3.46. The predicted molar refractivity (Wildman–Crippen MR) is 148 cm³/mol. The molecule has 2 aliphatic heterocycles. The second-order valence-corrected chi connectivity index (χ2v) is 11.3. The fraction of sp³-hybridized carbons (Fsp3) is 0.517. The van der Waals surface area contributed by atoms with E-state index in [1.54, 1.807) is 24.4 Å². The van der Waals surface area contributed by atoms with Crippen LogP contribution in [0.1, 0.15) is 76.0 Å². The summed E-state index contributed by atoms with van der Waals surface area (Å²) < 4.78 is 0. The molecule has 1 saturated carbocycles. The number of primary amides is 1. The summed E-state index contributed by atoms with van der Waals surface area (Å²) in [6, 6.07) is 9.58. The zero-order valence-electron chi connectivity index (χ0n) is 22.3. The zero-order chi connectivity index (χ0) is 26.8. The molecule has 3 heterocycles. The summed E-state index contributed by atoms with van der Waals surface area (Å²) in [6.45, 7) is 1.50. The third-order valence-electron chi connectivity index (χ3n) is 8.01. The topological polar surface area (TPSA) is 121 Å². The van der Waals surface area contributed by atoms with E-state index in [0.717, 1.165) is 44.6 Å². The molecule has 0 spiro atoms. The third-order valence-corrected chi connectivity index (χ3v) is 8.01. The van der Waals surface area contributed by atoms with Crippen LogP contribution >= 0.6 is 0 Å². The minimum Gasteiger partial charge on any atom is -0.384 e. The normalized spacial score (nSPS) is 22.4. The van der Waals surface area contributed by atoms with E-state index in [0.29, 0.717) is 46.8 Å². The van der Waals surface area contributed by atoms with Crippen molar-refractivity contribution in [2.24, 2.45) is 11.7 Å². The van der Waals surface area contributed by atoms with Gasteiger partial charge in [-0.15, -0.1) is 0 Å². The summed E-state index contributed by atoms with van der Waals surface area (Å²) in [5.41, 5.74) is 7.76. The van der Waals surface area contributed by atoms with E-state index in [9.17, 15) is 14.4 Å². The molecule has 2 aromatic rings. The number of benzene rings is 1. The van der Waals surface area contributed by atoms with Crippen molar-refractivity contribution in [1.82, 2.24) is 15.2 Å². The van der Waals surface area contributed by atoms with Crippen molar-refractivity contribution >= 4 is 29.1 Å². The van der Waals surface area contributed by atoms with Crippen LogP contribution < -0.4 is 21.3 Å². The molecule has 9 nitrogen and oxygen atoms in total. The summed E-state index contributed by atoms with van der Waals surface area (Å²) in [6.07, 6.45) is 8.37. The molecular weight excluding hydrogens is 480 g/mol. The number of rotatable bonds is 11. The van der Waals surface area contributed by atoms with Gasteiger partial charge in [0.1, 0.15) is 5.82 Å². The lowest BCUT2D eigenvalue weighted by atomic mass is 9.96. The molecule has 2 bridgehead atoms. The van der Waals surface area contributed by atoms with Crippen LogP contribution in [-0.4, -0.2) is 72.8 Å². The highest BCUT2D eigenvalue weighted by atomic mass is 16.2. The van der Waals surface area contributed by atoms with Gasteiger partial charge in [0.2, 0.25) is 0 Å². The molecule has 2 amide bonds. The van der Waals surface area contributed by atoms with Crippen LogP contribution in [-0.2, 0) is 0 Å². The molecule has 3 aliphatic rings. The van der Waals surface area contributed by atoms with Crippen molar-refractivity contribution in [2.45, 2.75) is 63.1 Å². The van der Waals surface area contributed by atoms with E-state index in [1.165, 1.54) is 12.8 Å². The molecule has 0 unspecified atom stereocenters. The first-order valence-corrected chi connectivity index (χ1v) is 13.7. The van der Waals surface area contributed by atoms with Crippen LogP contribution in [0.2, 0.25) is 0 Å². The molecule has 1 aliphatic carbocycles. The van der Waals surface area contributed by atoms with Crippen LogP contribution in [0.25, 0.3) is 0 Å². The lowest BCUT2D eigenvalue weighted by Gasteiger charge is -2.40. The minimum atomic E-state index is -0.501. The number of nitrogens with zero attached hydrogens (tertiary/aromatic N) is 3. The second-order valence-electron chi connectivity index (χ2n) is 11.3. The number of carbonyl (C=O) groups excluding carboxylic acids is 3. The summed E-state index contributed by atoms with van der Waals surface area (Å²) in [7, 11) is 3.92. The molecule has 5 rings (SSSR count). The van der Waals surface area contributed by atoms with E-state index in [4.69, 9.17) is 5.73 Å². The third kappa shape index (κ3) is 5.99. The van der Waals surface area contributed by atoms with E-state index in [-0.39, 0.29) is 17.7 Å². The molecule has 9 heteroatoms. The predicted octanol–water partition coefficient (Wildman–Crippen LogP) is 3.07. The Morgan fingerprint density at radius 2 is 1.74 bits per heavy atom. The molecule has 2 saturated heterocycles. The Balaban J connectivity index is 1.21. The zero-order valence-corrected chi connectivity index (χ0v) is 22.3. The number of amides is 2. The van der Waals surface area contributed by atoms with Gasteiger partial charge in [0.25, 0.3) is 11.8 Å². The van der Waals surface area contributed by atoms with Crippen molar-refractivity contribution < 1.29 is 14.4 Å². The number of ketones is 1. The first kappa shape index (κ1) is 26.2. The van der Waals surface area contributed by atoms with Crippen LogP contribution in [0, 0.1) is 5.92 Å². The summed E-state index contributed by atoms with van der Waals surface area (Å²) in [5, 5.41) is 6.54. The van der Waals surface area contributed by atoms with E-state index in [1.807, 2.05) is 31.1 Å². The highest BCUT2D eigenvalue weighted by Gasteiger charge is 2.41. The van der Waals surface area contributed by atoms with Crippen molar-refractivity contribution in [3.05, 3.63) is 53.2 Å². The van der Waals surface area contributed by atoms with Gasteiger partial charge in [-0.05, 0) is 88.9 Å². The van der Waals surface area contributed by atoms with E-state index >= 15 is 0 Å². The van der Waals surface area contributed by atoms with Crippen molar-refractivity contribution in [3.63, 3.8) is 0 Å². The fourth-order valence-corrected chi connectivity index (χ4v) is 5.73. The van der Waals surface area contributed by atoms with Gasteiger partial charge in [-0.3, -0.25) is 14.4 Å². The maximum atomic E-state index is 13.2. The number of hydrogen-bond acceptors (Lipinski definition) is 7. The Morgan fingerprint density at radius 1 is 1.03 bits per heavy atom. The van der Waals surface area contributed by atoms with Gasteiger partial charge in [-0.25, -0.2) is 4.98 Å². The first-order chi connectivity index (χ1) is 18.3. The Bertz CT molecular complexity index is 1180. The Labute approximate surface area is 224 Å². The van der Waals surface area contributed by atoms with Crippen LogP contribution in [0.5, 0.6) is 0 Å². The van der Waals surface area contributed by atoms with Crippen molar-refractivity contribution in [1.29, 1.82) is 0 Å². The molecule has 0 radical (unpaired) electrons. The minimum absolute atomic E-state index is 0.0711. The van der Waals surface area contributed by atoms with Crippen LogP contribution in [0.15, 0.2) is 36.5 Å². The van der Waals surface area contributed by atoms with Crippen molar-refractivity contribution in [3.8, 4) is 0 Å². The van der Waals surface area contributed by atoms with Gasteiger partial charge in [-0.2, -0.15) is 0 Å². The Kier molecular flexibility index (Phi) is 7.65. The van der Waals surface area contributed by atoms with Gasteiger partial charge in [0, 0.05) is 60.6 Å². The quantitative estimate of drug-likeness (QED) is 0.391. The number of anilines is 2. The molecular formula is C29H38N6O3. The first-order valence-electron chi connectivity index (χ1n) is 13.7. The highest BCUT2D eigenvalue weighted by molar-refractivity contribution is 6.02.